The van der Waals surface area contributed by atoms with Gasteiger partial charge in [-0.1, -0.05) is 13.8 Å². The van der Waals surface area contributed by atoms with Crippen molar-refractivity contribution in [2.24, 2.45) is 5.90 Å². The molecule has 14 heteroatoms. The highest BCUT2D eigenvalue weighted by molar-refractivity contribution is 7.48. The lowest BCUT2D eigenvalue weighted by molar-refractivity contribution is -0.161. The predicted octanol–water partition coefficient (Wildman–Crippen LogP) is 1.57. The van der Waals surface area contributed by atoms with Crippen molar-refractivity contribution in [3.05, 3.63) is 0 Å². The second kappa shape index (κ2) is 16.6. The van der Waals surface area contributed by atoms with E-state index in [4.69, 9.17) is 33.9 Å². The van der Waals surface area contributed by atoms with Crippen LogP contribution in [-0.4, -0.2) is 62.5 Å². The minimum absolute atomic E-state index is 0.112. The highest BCUT2D eigenvalue weighted by Gasteiger charge is 2.31. The number of esters is 4. The molecule has 0 heterocycles. The third kappa shape index (κ3) is 14.9. The van der Waals surface area contributed by atoms with E-state index in [1.165, 1.54) is 0 Å². The minimum Gasteiger partial charge on any atom is -0.462 e. The summed E-state index contributed by atoms with van der Waals surface area (Å²) in [5.41, 5.74) is 0. The van der Waals surface area contributed by atoms with E-state index in [9.17, 15) is 23.7 Å². The molecule has 0 saturated heterocycles. The van der Waals surface area contributed by atoms with Crippen LogP contribution in [0, 0.1) is 0 Å². The zero-order valence-corrected chi connectivity index (χ0v) is 19.6. The molecule has 0 aromatic heterocycles. The van der Waals surface area contributed by atoms with Gasteiger partial charge in [-0.2, -0.15) is 0 Å². The Hall–Kier alpha value is -2.05. The quantitative estimate of drug-likeness (QED) is 0.136. The molecular formula is C18H32NO12P. The number of ether oxygens (including phenoxy) is 4. The molecule has 0 amide bonds. The summed E-state index contributed by atoms with van der Waals surface area (Å²) >= 11 is 0. The third-order valence-electron chi connectivity index (χ3n) is 3.41. The topological polar surface area (TPSA) is 176 Å². The van der Waals surface area contributed by atoms with Crippen molar-refractivity contribution < 1.29 is 56.4 Å². The molecule has 0 fully saturated rings. The molecule has 0 bridgehead atoms. The number of hydrogen-bond acceptors (Lipinski definition) is 13. The van der Waals surface area contributed by atoms with Crippen LogP contribution in [0.25, 0.3) is 0 Å². The van der Waals surface area contributed by atoms with Crippen molar-refractivity contribution in [3.63, 3.8) is 0 Å². The second-order valence-electron chi connectivity index (χ2n) is 6.47. The number of nitrogens with two attached hydrogens (primary N) is 1. The number of carbonyl (C=O) groups excluding carboxylic acids is 4. The number of rotatable bonds is 17. The van der Waals surface area contributed by atoms with Crippen molar-refractivity contribution >= 4 is 31.7 Å². The van der Waals surface area contributed by atoms with Crippen molar-refractivity contribution in [2.75, 3.05) is 26.4 Å². The van der Waals surface area contributed by atoms with E-state index in [1.807, 2.05) is 0 Å². The van der Waals surface area contributed by atoms with Crippen LogP contribution in [-0.2, 0) is 56.4 Å². The Morgan fingerprint density at radius 3 is 1.72 bits per heavy atom. The first-order chi connectivity index (χ1) is 15.0. The van der Waals surface area contributed by atoms with E-state index < -0.39 is 57.1 Å². The molecule has 2 unspecified atom stereocenters. The van der Waals surface area contributed by atoms with E-state index in [0.29, 0.717) is 12.8 Å². The van der Waals surface area contributed by atoms with E-state index in [-0.39, 0.29) is 26.1 Å². The lowest BCUT2D eigenvalue weighted by Gasteiger charge is -2.22. The Bertz CT molecular complexity index is 656. The molecule has 32 heavy (non-hydrogen) atoms. The monoisotopic (exact) mass is 485 g/mol. The SMILES string of the molecule is CCCC(=O)OCC(COP(=O)(ON)OC[C@@H](COC(C)=O)OC(C)=O)OC(=O)CCC. The molecule has 0 aromatic rings. The summed E-state index contributed by atoms with van der Waals surface area (Å²) in [5.74, 6) is 2.60. The average molecular weight is 485 g/mol. The molecule has 0 radical (unpaired) electrons. The smallest absolute Gasteiger partial charge is 0.462 e. The van der Waals surface area contributed by atoms with Crippen LogP contribution >= 0.6 is 7.82 Å². The van der Waals surface area contributed by atoms with Gasteiger partial charge in [0, 0.05) is 26.7 Å². The maximum Gasteiger partial charge on any atom is 0.491 e. The highest BCUT2D eigenvalue weighted by atomic mass is 31.2. The summed E-state index contributed by atoms with van der Waals surface area (Å²) in [6, 6.07) is 0. The number of phosphoric ester groups is 1. The number of carbonyl (C=O) groups is 4. The Balaban J connectivity index is 5.00. The highest BCUT2D eigenvalue weighted by Crippen LogP contribution is 2.47. The Morgan fingerprint density at radius 1 is 0.750 bits per heavy atom. The molecule has 0 aromatic carbocycles. The lowest BCUT2D eigenvalue weighted by atomic mass is 10.3. The minimum atomic E-state index is -4.40. The molecule has 2 N–H and O–H groups in total. The summed E-state index contributed by atoms with van der Waals surface area (Å²) in [6.45, 7) is 4.03. The number of hydrogen-bond donors (Lipinski definition) is 1. The summed E-state index contributed by atoms with van der Waals surface area (Å²) in [6.07, 6.45) is -0.847. The fourth-order valence-electron chi connectivity index (χ4n) is 2.04. The van der Waals surface area contributed by atoms with Gasteiger partial charge in [0.15, 0.2) is 12.2 Å². The van der Waals surface area contributed by atoms with Crippen LogP contribution in [0.15, 0.2) is 0 Å². The molecule has 3 atom stereocenters. The van der Waals surface area contributed by atoms with Crippen LogP contribution in [0.1, 0.15) is 53.4 Å². The first-order valence-electron chi connectivity index (χ1n) is 9.98. The fourth-order valence-corrected chi connectivity index (χ4v) is 2.93. The normalized spacial score (nSPS) is 14.5. The molecule has 0 spiro atoms. The van der Waals surface area contributed by atoms with Gasteiger partial charge in [-0.15, -0.1) is 0 Å². The molecule has 0 saturated carbocycles. The maximum absolute atomic E-state index is 12.6. The molecule has 0 rings (SSSR count). The molecular weight excluding hydrogens is 453 g/mol. The van der Waals surface area contributed by atoms with Crippen molar-refractivity contribution in [2.45, 2.75) is 65.6 Å². The van der Waals surface area contributed by atoms with Gasteiger partial charge in [-0.3, -0.25) is 28.2 Å². The van der Waals surface area contributed by atoms with Gasteiger partial charge < -0.3 is 18.9 Å². The van der Waals surface area contributed by atoms with Crippen LogP contribution in [0.4, 0.5) is 0 Å². The van der Waals surface area contributed by atoms with Gasteiger partial charge in [0.05, 0.1) is 13.2 Å². The van der Waals surface area contributed by atoms with Gasteiger partial charge in [0.2, 0.25) is 0 Å². The van der Waals surface area contributed by atoms with Crippen LogP contribution in [0.2, 0.25) is 0 Å². The largest absolute Gasteiger partial charge is 0.491 e. The van der Waals surface area contributed by atoms with Crippen molar-refractivity contribution in [3.8, 4) is 0 Å². The van der Waals surface area contributed by atoms with Gasteiger partial charge >= 0.3 is 31.7 Å². The number of phosphoric acid groups is 1. The summed E-state index contributed by atoms with van der Waals surface area (Å²) < 4.78 is 46.8. The molecule has 0 aliphatic heterocycles. The summed E-state index contributed by atoms with van der Waals surface area (Å²) in [7, 11) is -4.40. The Labute approximate surface area is 186 Å². The van der Waals surface area contributed by atoms with E-state index in [1.54, 1.807) is 13.8 Å². The van der Waals surface area contributed by atoms with Crippen LogP contribution < -0.4 is 5.90 Å². The molecule has 0 aliphatic carbocycles. The predicted molar refractivity (Wildman–Crippen MR) is 108 cm³/mol. The van der Waals surface area contributed by atoms with Crippen LogP contribution in [0.5, 0.6) is 0 Å². The van der Waals surface area contributed by atoms with Crippen molar-refractivity contribution in [1.29, 1.82) is 0 Å². The second-order valence-corrected chi connectivity index (χ2v) is 8.09. The van der Waals surface area contributed by atoms with E-state index in [2.05, 4.69) is 4.62 Å². The summed E-state index contributed by atoms with van der Waals surface area (Å²) in [5, 5.41) is 0. The maximum atomic E-state index is 12.6. The fraction of sp³-hybridized carbons (Fsp3) is 0.778. The standard InChI is InChI=1S/C18H32NO12P/c1-5-7-17(22)26-10-16(30-18(23)8-6-2)12-28-32(24,31-19)27-11-15(29-14(4)21)9-25-13(3)20/h15-16H,5-12,19H2,1-4H3/t15-,16?,32?/m1/s1. The van der Waals surface area contributed by atoms with E-state index >= 15 is 0 Å². The van der Waals surface area contributed by atoms with Crippen LogP contribution in [0.3, 0.4) is 0 Å². The third-order valence-corrected chi connectivity index (χ3v) is 4.60. The Kier molecular flexibility index (Phi) is 15.5. The first-order valence-corrected chi connectivity index (χ1v) is 11.4. The average Bonchev–Trinajstić information content (AvgIpc) is 2.72. The first kappa shape index (κ1) is 29.9. The van der Waals surface area contributed by atoms with Gasteiger partial charge in [0.1, 0.15) is 13.2 Å². The zero-order valence-electron chi connectivity index (χ0n) is 18.7. The van der Waals surface area contributed by atoms with Gasteiger partial charge in [-0.25, -0.2) is 15.1 Å². The molecule has 13 nitrogen and oxygen atoms in total. The van der Waals surface area contributed by atoms with Gasteiger partial charge in [0.25, 0.3) is 0 Å². The Morgan fingerprint density at radius 2 is 1.25 bits per heavy atom. The lowest BCUT2D eigenvalue weighted by Crippen LogP contribution is -2.31. The van der Waals surface area contributed by atoms with Gasteiger partial charge in [-0.05, 0) is 12.8 Å². The van der Waals surface area contributed by atoms with Crippen molar-refractivity contribution in [1.82, 2.24) is 0 Å². The molecule has 186 valence electrons. The zero-order chi connectivity index (χ0) is 24.6. The van der Waals surface area contributed by atoms with E-state index in [0.717, 1.165) is 13.8 Å². The summed E-state index contributed by atoms with van der Waals surface area (Å²) in [4.78, 5) is 45.5. The molecule has 0 aliphatic rings.